The number of unbranched alkanes of at least 4 members (excludes halogenated alkanes) is 5. The van der Waals surface area contributed by atoms with Crippen molar-refractivity contribution in [3.05, 3.63) is 0 Å². The molecule has 106 valence electrons. The Labute approximate surface area is 110 Å². The first-order chi connectivity index (χ1) is 8.61. The highest BCUT2D eigenvalue weighted by molar-refractivity contribution is 5.78. The second kappa shape index (κ2) is 11.1. The van der Waals surface area contributed by atoms with Crippen molar-refractivity contribution in [1.29, 1.82) is 0 Å². The molecule has 18 heavy (non-hydrogen) atoms. The van der Waals surface area contributed by atoms with Crippen LogP contribution in [-0.2, 0) is 19.1 Å². The van der Waals surface area contributed by atoms with E-state index in [2.05, 4.69) is 6.92 Å². The summed E-state index contributed by atoms with van der Waals surface area (Å²) in [7, 11) is 0. The van der Waals surface area contributed by atoms with Gasteiger partial charge >= 0.3 is 11.9 Å². The number of hydrogen-bond donors (Lipinski definition) is 0. The van der Waals surface area contributed by atoms with Crippen LogP contribution < -0.4 is 0 Å². The van der Waals surface area contributed by atoms with Crippen molar-refractivity contribution >= 4 is 11.9 Å². The summed E-state index contributed by atoms with van der Waals surface area (Å²) >= 11 is 0. The van der Waals surface area contributed by atoms with E-state index in [9.17, 15) is 9.59 Å². The monoisotopic (exact) mass is 258 g/mol. The van der Waals surface area contributed by atoms with Gasteiger partial charge < -0.3 is 9.47 Å². The lowest BCUT2D eigenvalue weighted by Crippen LogP contribution is -2.28. The zero-order chi connectivity index (χ0) is 13.8. The topological polar surface area (TPSA) is 52.6 Å². The third-order valence-corrected chi connectivity index (χ3v) is 2.68. The molecule has 0 bridgehead atoms. The number of carbonyl (C=O) groups is 2. The molecule has 0 aromatic heterocycles. The van der Waals surface area contributed by atoms with Crippen molar-refractivity contribution in [3.63, 3.8) is 0 Å². The van der Waals surface area contributed by atoms with E-state index in [0.717, 1.165) is 12.8 Å². The first-order valence-corrected chi connectivity index (χ1v) is 6.95. The third kappa shape index (κ3) is 9.02. The Bertz CT molecular complexity index is 238. The van der Waals surface area contributed by atoms with Gasteiger partial charge in [0.05, 0.1) is 6.61 Å². The van der Waals surface area contributed by atoms with E-state index < -0.39 is 18.0 Å². The molecule has 0 N–H and O–H groups in total. The van der Waals surface area contributed by atoms with Gasteiger partial charge in [0.25, 0.3) is 0 Å². The SMILES string of the molecule is CCCCCCCCC(OC(C)=O)C(=O)OCC. The Morgan fingerprint density at radius 1 is 1.00 bits per heavy atom. The van der Waals surface area contributed by atoms with Gasteiger partial charge in [0.2, 0.25) is 0 Å². The summed E-state index contributed by atoms with van der Waals surface area (Å²) in [5.41, 5.74) is 0. The summed E-state index contributed by atoms with van der Waals surface area (Å²) in [5.74, 6) is -0.861. The molecule has 0 aliphatic carbocycles. The van der Waals surface area contributed by atoms with Crippen LogP contribution in [0.1, 0.15) is 65.7 Å². The number of esters is 2. The quantitative estimate of drug-likeness (QED) is 0.446. The molecule has 4 nitrogen and oxygen atoms in total. The molecular weight excluding hydrogens is 232 g/mol. The van der Waals surface area contributed by atoms with Crippen molar-refractivity contribution < 1.29 is 19.1 Å². The molecule has 0 spiro atoms. The van der Waals surface area contributed by atoms with Gasteiger partial charge in [-0.25, -0.2) is 4.79 Å². The molecule has 0 saturated carbocycles. The lowest BCUT2D eigenvalue weighted by molar-refractivity contribution is -0.166. The lowest BCUT2D eigenvalue weighted by Gasteiger charge is -2.15. The second-order valence-corrected chi connectivity index (χ2v) is 4.41. The zero-order valence-corrected chi connectivity index (χ0v) is 11.9. The fraction of sp³-hybridized carbons (Fsp3) is 0.857. The first kappa shape index (κ1) is 16.9. The van der Waals surface area contributed by atoms with Gasteiger partial charge in [-0.2, -0.15) is 0 Å². The Morgan fingerprint density at radius 3 is 2.17 bits per heavy atom. The summed E-state index contributed by atoms with van der Waals surface area (Å²) in [4.78, 5) is 22.5. The standard InChI is InChI=1S/C14H26O4/c1-4-6-7-8-9-10-11-13(18-12(3)15)14(16)17-5-2/h13H,4-11H2,1-3H3. The molecule has 4 heteroatoms. The largest absolute Gasteiger partial charge is 0.463 e. The van der Waals surface area contributed by atoms with E-state index in [1.165, 1.54) is 32.6 Å². The molecule has 1 atom stereocenters. The minimum atomic E-state index is -0.728. The predicted octanol–water partition coefficient (Wildman–Crippen LogP) is 3.23. The number of ether oxygens (including phenoxy) is 2. The van der Waals surface area contributed by atoms with Crippen molar-refractivity contribution in [2.45, 2.75) is 71.8 Å². The summed E-state index contributed by atoms with van der Waals surface area (Å²) in [5, 5.41) is 0. The van der Waals surface area contributed by atoms with Crippen molar-refractivity contribution in [2.24, 2.45) is 0 Å². The van der Waals surface area contributed by atoms with E-state index in [4.69, 9.17) is 9.47 Å². The summed E-state index contributed by atoms with van der Waals surface area (Å²) in [6.07, 6.45) is 6.66. The molecule has 0 heterocycles. The van der Waals surface area contributed by atoms with E-state index in [-0.39, 0.29) is 0 Å². The maximum Gasteiger partial charge on any atom is 0.347 e. The maximum absolute atomic E-state index is 11.5. The fourth-order valence-electron chi connectivity index (χ4n) is 1.77. The zero-order valence-electron chi connectivity index (χ0n) is 11.9. The van der Waals surface area contributed by atoms with E-state index in [1.54, 1.807) is 6.92 Å². The van der Waals surface area contributed by atoms with Gasteiger partial charge in [0, 0.05) is 6.92 Å². The summed E-state index contributed by atoms with van der Waals surface area (Å²) in [6.45, 7) is 5.55. The van der Waals surface area contributed by atoms with Gasteiger partial charge in [0.15, 0.2) is 6.10 Å². The minimum Gasteiger partial charge on any atom is -0.463 e. The van der Waals surface area contributed by atoms with E-state index >= 15 is 0 Å². The van der Waals surface area contributed by atoms with Crippen LogP contribution in [0.25, 0.3) is 0 Å². The molecule has 0 fully saturated rings. The molecule has 1 unspecified atom stereocenters. The molecular formula is C14H26O4. The second-order valence-electron chi connectivity index (χ2n) is 4.41. The van der Waals surface area contributed by atoms with Gasteiger partial charge in [0.1, 0.15) is 0 Å². The highest BCUT2D eigenvalue weighted by Gasteiger charge is 2.22. The van der Waals surface area contributed by atoms with Crippen LogP contribution >= 0.6 is 0 Å². The van der Waals surface area contributed by atoms with Crippen LogP contribution in [0, 0.1) is 0 Å². The summed E-state index contributed by atoms with van der Waals surface area (Å²) in [6, 6.07) is 0. The molecule has 0 radical (unpaired) electrons. The number of carbonyl (C=O) groups excluding carboxylic acids is 2. The van der Waals surface area contributed by atoms with Gasteiger partial charge in [-0.3, -0.25) is 4.79 Å². The van der Waals surface area contributed by atoms with Crippen LogP contribution in [0.3, 0.4) is 0 Å². The number of rotatable bonds is 10. The Morgan fingerprint density at radius 2 is 1.61 bits per heavy atom. The van der Waals surface area contributed by atoms with E-state index in [1.807, 2.05) is 0 Å². The van der Waals surface area contributed by atoms with Gasteiger partial charge in [-0.15, -0.1) is 0 Å². The van der Waals surface area contributed by atoms with Crippen LogP contribution in [0.15, 0.2) is 0 Å². The lowest BCUT2D eigenvalue weighted by atomic mass is 10.1. The van der Waals surface area contributed by atoms with Gasteiger partial charge in [-0.1, -0.05) is 39.0 Å². The average Bonchev–Trinajstić information content (AvgIpc) is 2.32. The minimum absolute atomic E-state index is 0.313. The Kier molecular flexibility index (Phi) is 10.4. The Hall–Kier alpha value is -1.06. The highest BCUT2D eigenvalue weighted by atomic mass is 16.6. The molecule has 0 aromatic rings. The van der Waals surface area contributed by atoms with E-state index in [0.29, 0.717) is 13.0 Å². The highest BCUT2D eigenvalue weighted by Crippen LogP contribution is 2.12. The molecule has 0 aromatic carbocycles. The molecule has 0 aliphatic heterocycles. The number of hydrogen-bond acceptors (Lipinski definition) is 4. The fourth-order valence-corrected chi connectivity index (χ4v) is 1.77. The van der Waals surface area contributed by atoms with Crippen LogP contribution in [-0.4, -0.2) is 24.6 Å². The molecule has 0 amide bonds. The van der Waals surface area contributed by atoms with Crippen LogP contribution in [0.4, 0.5) is 0 Å². The van der Waals surface area contributed by atoms with Crippen LogP contribution in [0.2, 0.25) is 0 Å². The Balaban J connectivity index is 3.86. The smallest absolute Gasteiger partial charge is 0.347 e. The molecule has 0 saturated heterocycles. The van der Waals surface area contributed by atoms with Crippen molar-refractivity contribution in [3.8, 4) is 0 Å². The van der Waals surface area contributed by atoms with Crippen molar-refractivity contribution in [2.75, 3.05) is 6.61 Å². The van der Waals surface area contributed by atoms with Crippen molar-refractivity contribution in [1.82, 2.24) is 0 Å². The molecule has 0 rings (SSSR count). The maximum atomic E-state index is 11.5. The predicted molar refractivity (Wildman–Crippen MR) is 70.2 cm³/mol. The third-order valence-electron chi connectivity index (χ3n) is 2.68. The summed E-state index contributed by atoms with van der Waals surface area (Å²) < 4.78 is 9.86. The average molecular weight is 258 g/mol. The first-order valence-electron chi connectivity index (χ1n) is 6.95. The van der Waals surface area contributed by atoms with Crippen LogP contribution in [0.5, 0.6) is 0 Å². The normalized spacial score (nSPS) is 11.9. The molecule has 0 aliphatic rings. The van der Waals surface area contributed by atoms with Gasteiger partial charge in [-0.05, 0) is 19.8 Å².